The largest absolute Gasteiger partial charge is 0.496 e. The van der Waals surface area contributed by atoms with Crippen LogP contribution in [0.5, 0.6) is 5.75 Å². The van der Waals surface area contributed by atoms with E-state index < -0.39 is 0 Å². The molecule has 3 nitrogen and oxygen atoms in total. The van der Waals surface area contributed by atoms with Crippen LogP contribution < -0.4 is 10.1 Å². The van der Waals surface area contributed by atoms with Crippen LogP contribution in [0.1, 0.15) is 29.6 Å². The summed E-state index contributed by atoms with van der Waals surface area (Å²) in [5.41, 5.74) is 0.516. The maximum absolute atomic E-state index is 11.9. The van der Waals surface area contributed by atoms with E-state index >= 15 is 0 Å². The number of ether oxygens (including phenoxy) is 1. The molecule has 0 fully saturated rings. The molecule has 100 valence electrons. The fraction of sp³-hybridized carbons (Fsp3) is 0.462. The molecule has 0 aliphatic rings. The highest BCUT2D eigenvalue weighted by Crippen LogP contribution is 2.22. The zero-order chi connectivity index (χ0) is 13.4. The van der Waals surface area contributed by atoms with Crippen LogP contribution in [0.2, 0.25) is 5.02 Å². The van der Waals surface area contributed by atoms with E-state index in [1.165, 1.54) is 7.11 Å². The summed E-state index contributed by atoms with van der Waals surface area (Å²) < 4.78 is 5.14. The van der Waals surface area contributed by atoms with Gasteiger partial charge in [-0.2, -0.15) is 0 Å². The SMILES string of the molecule is COc1cc(Cl)ccc1C(=O)NCCCCCBr. The first-order valence-electron chi connectivity index (χ1n) is 5.86. The van der Waals surface area contributed by atoms with E-state index in [4.69, 9.17) is 16.3 Å². The average Bonchev–Trinajstić information content (AvgIpc) is 2.38. The second kappa shape index (κ2) is 8.38. The van der Waals surface area contributed by atoms with Crippen molar-refractivity contribution in [1.82, 2.24) is 5.32 Å². The number of carbonyl (C=O) groups is 1. The number of alkyl halides is 1. The van der Waals surface area contributed by atoms with Crippen LogP contribution in [0.4, 0.5) is 0 Å². The van der Waals surface area contributed by atoms with Crippen molar-refractivity contribution in [3.05, 3.63) is 28.8 Å². The van der Waals surface area contributed by atoms with Gasteiger partial charge in [-0.3, -0.25) is 4.79 Å². The number of unbranched alkanes of at least 4 members (excludes halogenated alkanes) is 2. The molecular weight excluding hydrogens is 318 g/mol. The molecule has 0 spiro atoms. The second-order valence-electron chi connectivity index (χ2n) is 3.85. The molecule has 0 unspecified atom stereocenters. The molecule has 0 bridgehead atoms. The molecule has 1 aromatic rings. The smallest absolute Gasteiger partial charge is 0.255 e. The summed E-state index contributed by atoms with van der Waals surface area (Å²) in [4.78, 5) is 11.9. The number of nitrogens with one attached hydrogen (secondary N) is 1. The Morgan fingerprint density at radius 2 is 2.17 bits per heavy atom. The predicted octanol–water partition coefficient (Wildman–Crippen LogP) is 3.64. The third-order valence-electron chi connectivity index (χ3n) is 2.50. The molecule has 5 heteroatoms. The number of methoxy groups -OCH3 is 1. The van der Waals surface area contributed by atoms with Crippen molar-refractivity contribution in [2.24, 2.45) is 0 Å². The predicted molar refractivity (Wildman–Crippen MR) is 78.0 cm³/mol. The molecule has 0 aliphatic carbocycles. The molecule has 0 radical (unpaired) electrons. The minimum Gasteiger partial charge on any atom is -0.496 e. The minimum absolute atomic E-state index is 0.123. The molecule has 0 atom stereocenters. The van der Waals surface area contributed by atoms with Gasteiger partial charge in [-0.25, -0.2) is 0 Å². The lowest BCUT2D eigenvalue weighted by Gasteiger charge is -2.09. The Labute approximate surface area is 121 Å². The van der Waals surface area contributed by atoms with Gasteiger partial charge in [0.05, 0.1) is 12.7 Å². The number of benzene rings is 1. The van der Waals surface area contributed by atoms with Gasteiger partial charge in [0.25, 0.3) is 5.91 Å². The van der Waals surface area contributed by atoms with Gasteiger partial charge in [-0.05, 0) is 31.0 Å². The average molecular weight is 335 g/mol. The number of halogens is 2. The fourth-order valence-electron chi connectivity index (χ4n) is 1.55. The van der Waals surface area contributed by atoms with Crippen LogP contribution in [0.25, 0.3) is 0 Å². The van der Waals surface area contributed by atoms with Crippen LogP contribution in [0.15, 0.2) is 18.2 Å². The Balaban J connectivity index is 2.51. The van der Waals surface area contributed by atoms with Crippen molar-refractivity contribution in [2.75, 3.05) is 19.0 Å². The number of amides is 1. The van der Waals surface area contributed by atoms with Gasteiger partial charge in [-0.15, -0.1) is 0 Å². The zero-order valence-electron chi connectivity index (χ0n) is 10.3. The lowest BCUT2D eigenvalue weighted by molar-refractivity contribution is 0.0950. The van der Waals surface area contributed by atoms with Gasteiger partial charge in [0.1, 0.15) is 5.75 Å². The van der Waals surface area contributed by atoms with Crippen molar-refractivity contribution in [2.45, 2.75) is 19.3 Å². The maximum atomic E-state index is 11.9. The second-order valence-corrected chi connectivity index (χ2v) is 5.08. The van der Waals surface area contributed by atoms with Crippen LogP contribution in [-0.4, -0.2) is 24.9 Å². The Morgan fingerprint density at radius 3 is 2.83 bits per heavy atom. The van der Waals surface area contributed by atoms with E-state index in [-0.39, 0.29) is 5.91 Å². The van der Waals surface area contributed by atoms with E-state index in [9.17, 15) is 4.79 Å². The summed E-state index contributed by atoms with van der Waals surface area (Å²) in [5.74, 6) is 0.378. The summed E-state index contributed by atoms with van der Waals surface area (Å²) in [6.45, 7) is 0.678. The summed E-state index contributed by atoms with van der Waals surface area (Å²) >= 11 is 9.22. The first kappa shape index (κ1) is 15.3. The monoisotopic (exact) mass is 333 g/mol. The Hall–Kier alpha value is -0.740. The first-order valence-corrected chi connectivity index (χ1v) is 7.36. The van der Waals surface area contributed by atoms with Crippen molar-refractivity contribution >= 4 is 33.4 Å². The van der Waals surface area contributed by atoms with Crippen LogP contribution in [0, 0.1) is 0 Å². The number of hydrogen-bond acceptors (Lipinski definition) is 2. The number of carbonyl (C=O) groups excluding carboxylic acids is 1. The summed E-state index contributed by atoms with van der Waals surface area (Å²) in [5, 5.41) is 4.44. The van der Waals surface area contributed by atoms with Gasteiger partial charge in [-0.1, -0.05) is 34.0 Å². The minimum atomic E-state index is -0.123. The number of rotatable bonds is 7. The summed E-state index contributed by atoms with van der Waals surface area (Å²) in [6.07, 6.45) is 3.21. The van der Waals surface area contributed by atoms with Gasteiger partial charge in [0, 0.05) is 16.9 Å². The molecule has 18 heavy (non-hydrogen) atoms. The molecule has 0 aliphatic heterocycles. The molecule has 0 saturated heterocycles. The highest BCUT2D eigenvalue weighted by Gasteiger charge is 2.11. The van der Waals surface area contributed by atoms with Gasteiger partial charge >= 0.3 is 0 Å². The van der Waals surface area contributed by atoms with Gasteiger partial charge < -0.3 is 10.1 Å². The molecule has 0 aromatic heterocycles. The molecular formula is C13H17BrClNO2. The molecule has 1 aromatic carbocycles. The van der Waals surface area contributed by atoms with E-state index in [0.717, 1.165) is 24.6 Å². The van der Waals surface area contributed by atoms with Gasteiger partial charge in [0.2, 0.25) is 0 Å². The third kappa shape index (κ3) is 4.86. The maximum Gasteiger partial charge on any atom is 0.255 e. The first-order chi connectivity index (χ1) is 8.69. The van der Waals surface area contributed by atoms with E-state index in [0.29, 0.717) is 22.9 Å². The van der Waals surface area contributed by atoms with Crippen molar-refractivity contribution in [1.29, 1.82) is 0 Å². The Morgan fingerprint density at radius 1 is 1.39 bits per heavy atom. The Kier molecular flexibility index (Phi) is 7.13. The van der Waals surface area contributed by atoms with Crippen LogP contribution in [0.3, 0.4) is 0 Å². The lowest BCUT2D eigenvalue weighted by atomic mass is 10.2. The summed E-state index contributed by atoms with van der Waals surface area (Å²) in [7, 11) is 1.53. The third-order valence-corrected chi connectivity index (χ3v) is 3.30. The molecule has 1 N–H and O–H groups in total. The van der Waals surface area contributed by atoms with Crippen LogP contribution >= 0.6 is 27.5 Å². The standard InChI is InChI=1S/C13H17BrClNO2/c1-18-12-9-10(15)5-6-11(12)13(17)16-8-4-2-3-7-14/h5-6,9H,2-4,7-8H2,1H3,(H,16,17). The van der Waals surface area contributed by atoms with Crippen LogP contribution in [-0.2, 0) is 0 Å². The van der Waals surface area contributed by atoms with E-state index in [2.05, 4.69) is 21.2 Å². The zero-order valence-corrected chi connectivity index (χ0v) is 12.7. The van der Waals surface area contributed by atoms with E-state index in [1.807, 2.05) is 0 Å². The van der Waals surface area contributed by atoms with Crippen molar-refractivity contribution in [3.8, 4) is 5.75 Å². The highest BCUT2D eigenvalue weighted by molar-refractivity contribution is 9.09. The lowest BCUT2D eigenvalue weighted by Crippen LogP contribution is -2.24. The van der Waals surface area contributed by atoms with Crippen molar-refractivity contribution in [3.63, 3.8) is 0 Å². The summed E-state index contributed by atoms with van der Waals surface area (Å²) in [6, 6.07) is 5.00. The molecule has 0 heterocycles. The topological polar surface area (TPSA) is 38.3 Å². The Bertz CT molecular complexity index is 399. The van der Waals surface area contributed by atoms with Crippen molar-refractivity contribution < 1.29 is 9.53 Å². The quantitative estimate of drug-likeness (QED) is 0.610. The molecule has 1 rings (SSSR count). The fourth-order valence-corrected chi connectivity index (χ4v) is 2.10. The number of hydrogen-bond donors (Lipinski definition) is 1. The van der Waals surface area contributed by atoms with E-state index in [1.54, 1.807) is 18.2 Å². The van der Waals surface area contributed by atoms with Gasteiger partial charge in [0.15, 0.2) is 0 Å². The normalized spacial score (nSPS) is 10.2. The highest BCUT2D eigenvalue weighted by atomic mass is 79.9. The molecule has 0 saturated carbocycles. The molecule has 1 amide bonds.